The Hall–Kier alpha value is -0.870. The standard InChI is InChI=1S/C7H9NO2S/c1-4-5(3-8)2-6(11-4)7(9)10/h2H,3,8H2,1H3,(H,9,10). The van der Waals surface area contributed by atoms with Gasteiger partial charge in [0.25, 0.3) is 0 Å². The lowest BCUT2D eigenvalue weighted by Crippen LogP contribution is -1.96. The molecule has 0 unspecified atom stereocenters. The van der Waals surface area contributed by atoms with Gasteiger partial charge in [0, 0.05) is 11.4 Å². The van der Waals surface area contributed by atoms with Crippen molar-refractivity contribution in [1.82, 2.24) is 0 Å². The zero-order valence-corrected chi connectivity index (χ0v) is 6.94. The zero-order chi connectivity index (χ0) is 8.43. The molecule has 4 heteroatoms. The first-order valence-electron chi connectivity index (χ1n) is 3.18. The van der Waals surface area contributed by atoms with Gasteiger partial charge in [-0.15, -0.1) is 11.3 Å². The quantitative estimate of drug-likeness (QED) is 0.703. The van der Waals surface area contributed by atoms with Crippen LogP contribution in [0.5, 0.6) is 0 Å². The van der Waals surface area contributed by atoms with Gasteiger partial charge in [0.1, 0.15) is 4.88 Å². The highest BCUT2D eigenvalue weighted by Gasteiger charge is 2.08. The minimum atomic E-state index is -0.877. The Morgan fingerprint density at radius 2 is 2.45 bits per heavy atom. The summed E-state index contributed by atoms with van der Waals surface area (Å²) in [6.07, 6.45) is 0. The predicted octanol–water partition coefficient (Wildman–Crippen LogP) is 1.21. The third-order valence-electron chi connectivity index (χ3n) is 1.45. The van der Waals surface area contributed by atoms with Crippen LogP contribution in [0.15, 0.2) is 6.07 Å². The molecule has 0 spiro atoms. The Labute approximate surface area is 68.5 Å². The summed E-state index contributed by atoms with van der Waals surface area (Å²) in [6, 6.07) is 1.63. The Kier molecular flexibility index (Phi) is 2.26. The first kappa shape index (κ1) is 8.23. The maximum Gasteiger partial charge on any atom is 0.345 e. The van der Waals surface area contributed by atoms with Gasteiger partial charge in [0.05, 0.1) is 0 Å². The van der Waals surface area contributed by atoms with Crippen molar-refractivity contribution in [3.05, 3.63) is 21.4 Å². The number of carboxylic acid groups (broad SMARTS) is 1. The van der Waals surface area contributed by atoms with E-state index in [9.17, 15) is 4.79 Å². The molecular formula is C7H9NO2S. The molecule has 0 atom stereocenters. The zero-order valence-electron chi connectivity index (χ0n) is 6.13. The molecule has 0 radical (unpaired) electrons. The second kappa shape index (κ2) is 3.02. The fourth-order valence-electron chi connectivity index (χ4n) is 0.828. The highest BCUT2D eigenvalue weighted by Crippen LogP contribution is 2.20. The van der Waals surface area contributed by atoms with Crippen molar-refractivity contribution in [3.63, 3.8) is 0 Å². The van der Waals surface area contributed by atoms with E-state index in [0.717, 1.165) is 10.4 Å². The van der Waals surface area contributed by atoms with E-state index in [1.165, 1.54) is 11.3 Å². The van der Waals surface area contributed by atoms with Crippen molar-refractivity contribution in [1.29, 1.82) is 0 Å². The van der Waals surface area contributed by atoms with Crippen LogP contribution in [0.4, 0.5) is 0 Å². The van der Waals surface area contributed by atoms with Crippen LogP contribution in [0, 0.1) is 6.92 Å². The molecule has 1 aromatic heterocycles. The fraction of sp³-hybridized carbons (Fsp3) is 0.286. The van der Waals surface area contributed by atoms with E-state index in [4.69, 9.17) is 10.8 Å². The molecule has 0 aliphatic heterocycles. The fourth-order valence-corrected chi connectivity index (χ4v) is 1.72. The average molecular weight is 171 g/mol. The maximum absolute atomic E-state index is 10.5. The second-order valence-corrected chi connectivity index (χ2v) is 3.46. The number of aryl methyl sites for hydroxylation is 1. The number of carbonyl (C=O) groups is 1. The number of carboxylic acids is 1. The summed E-state index contributed by atoms with van der Waals surface area (Å²) in [5.41, 5.74) is 6.30. The summed E-state index contributed by atoms with van der Waals surface area (Å²) in [5, 5.41) is 8.59. The van der Waals surface area contributed by atoms with E-state index in [0.29, 0.717) is 11.4 Å². The summed E-state index contributed by atoms with van der Waals surface area (Å²) in [6.45, 7) is 2.29. The first-order chi connectivity index (χ1) is 5.15. The van der Waals surface area contributed by atoms with Crippen LogP contribution in [-0.4, -0.2) is 11.1 Å². The molecule has 0 saturated carbocycles. The van der Waals surface area contributed by atoms with Gasteiger partial charge in [-0.25, -0.2) is 4.79 Å². The molecule has 11 heavy (non-hydrogen) atoms. The summed E-state index contributed by atoms with van der Waals surface area (Å²) in [5.74, 6) is -0.877. The lowest BCUT2D eigenvalue weighted by molar-refractivity contribution is 0.0702. The lowest BCUT2D eigenvalue weighted by atomic mass is 10.2. The van der Waals surface area contributed by atoms with Gasteiger partial charge in [-0.2, -0.15) is 0 Å². The van der Waals surface area contributed by atoms with Gasteiger partial charge in [-0.1, -0.05) is 0 Å². The Balaban J connectivity index is 3.05. The third kappa shape index (κ3) is 1.58. The normalized spacial score (nSPS) is 10.0. The molecule has 0 aliphatic carbocycles. The van der Waals surface area contributed by atoms with E-state index in [-0.39, 0.29) is 0 Å². The molecule has 3 N–H and O–H groups in total. The van der Waals surface area contributed by atoms with Gasteiger partial charge in [-0.3, -0.25) is 0 Å². The summed E-state index contributed by atoms with van der Waals surface area (Å²) >= 11 is 1.27. The van der Waals surface area contributed by atoms with Crippen LogP contribution in [0.25, 0.3) is 0 Å². The topological polar surface area (TPSA) is 63.3 Å². The van der Waals surface area contributed by atoms with E-state index in [2.05, 4.69) is 0 Å². The summed E-state index contributed by atoms with van der Waals surface area (Å²) < 4.78 is 0. The van der Waals surface area contributed by atoms with Crippen molar-refractivity contribution in [2.45, 2.75) is 13.5 Å². The Bertz CT molecular complexity index is 280. The first-order valence-corrected chi connectivity index (χ1v) is 3.99. The third-order valence-corrected chi connectivity index (χ3v) is 2.53. The van der Waals surface area contributed by atoms with E-state index in [1.54, 1.807) is 6.07 Å². The van der Waals surface area contributed by atoms with Crippen molar-refractivity contribution < 1.29 is 9.90 Å². The highest BCUT2D eigenvalue weighted by molar-refractivity contribution is 7.14. The molecule has 0 saturated heterocycles. The molecule has 3 nitrogen and oxygen atoms in total. The molecule has 0 fully saturated rings. The van der Waals surface area contributed by atoms with Gasteiger partial charge in [0.15, 0.2) is 0 Å². The smallest absolute Gasteiger partial charge is 0.345 e. The number of hydrogen-bond acceptors (Lipinski definition) is 3. The monoisotopic (exact) mass is 171 g/mol. The molecule has 1 aromatic rings. The van der Waals surface area contributed by atoms with Crippen LogP contribution in [0.1, 0.15) is 20.1 Å². The van der Waals surface area contributed by atoms with Gasteiger partial charge in [-0.05, 0) is 18.6 Å². The van der Waals surface area contributed by atoms with Gasteiger partial charge in [0.2, 0.25) is 0 Å². The number of hydrogen-bond donors (Lipinski definition) is 2. The molecule has 0 bridgehead atoms. The van der Waals surface area contributed by atoms with E-state index >= 15 is 0 Å². The van der Waals surface area contributed by atoms with Crippen LogP contribution in [-0.2, 0) is 6.54 Å². The molecule has 1 heterocycles. The lowest BCUT2D eigenvalue weighted by Gasteiger charge is -1.88. The van der Waals surface area contributed by atoms with Crippen molar-refractivity contribution in [3.8, 4) is 0 Å². The molecule has 1 rings (SSSR count). The minimum Gasteiger partial charge on any atom is -0.477 e. The van der Waals surface area contributed by atoms with Gasteiger partial charge < -0.3 is 10.8 Å². The molecule has 0 aliphatic rings. The highest BCUT2D eigenvalue weighted by atomic mass is 32.1. The molecule has 0 amide bonds. The second-order valence-electron chi connectivity index (χ2n) is 2.20. The van der Waals surface area contributed by atoms with Crippen LogP contribution in [0.2, 0.25) is 0 Å². The van der Waals surface area contributed by atoms with Crippen molar-refractivity contribution >= 4 is 17.3 Å². The molecule has 60 valence electrons. The average Bonchev–Trinajstić information content (AvgIpc) is 2.31. The number of nitrogens with two attached hydrogens (primary N) is 1. The van der Waals surface area contributed by atoms with Crippen LogP contribution < -0.4 is 5.73 Å². The predicted molar refractivity (Wildman–Crippen MR) is 43.9 cm³/mol. The molecular weight excluding hydrogens is 162 g/mol. The van der Waals surface area contributed by atoms with Gasteiger partial charge >= 0.3 is 5.97 Å². The van der Waals surface area contributed by atoms with Crippen LogP contribution >= 0.6 is 11.3 Å². The maximum atomic E-state index is 10.5. The van der Waals surface area contributed by atoms with E-state index in [1.807, 2.05) is 6.92 Å². The Morgan fingerprint density at radius 3 is 2.73 bits per heavy atom. The summed E-state index contributed by atoms with van der Waals surface area (Å²) in [4.78, 5) is 11.8. The SMILES string of the molecule is Cc1sc(C(=O)O)cc1CN. The Morgan fingerprint density at radius 1 is 1.82 bits per heavy atom. The number of thiophene rings is 1. The van der Waals surface area contributed by atoms with Crippen molar-refractivity contribution in [2.75, 3.05) is 0 Å². The number of rotatable bonds is 2. The minimum absolute atomic E-state index is 0.364. The largest absolute Gasteiger partial charge is 0.477 e. The number of aromatic carboxylic acids is 1. The van der Waals surface area contributed by atoms with Crippen molar-refractivity contribution in [2.24, 2.45) is 5.73 Å². The van der Waals surface area contributed by atoms with Crippen LogP contribution in [0.3, 0.4) is 0 Å². The molecule has 0 aromatic carbocycles. The summed E-state index contributed by atoms with van der Waals surface area (Å²) in [7, 11) is 0. The van der Waals surface area contributed by atoms with E-state index < -0.39 is 5.97 Å².